The minimum atomic E-state index is -4.40. The first kappa shape index (κ1) is 18.3. The molecule has 0 spiro atoms. The number of fused-ring (bicyclic) bond motifs is 1. The Bertz CT molecular complexity index is 1240. The third-order valence-electron chi connectivity index (χ3n) is 3.94. The first-order chi connectivity index (χ1) is 12.6. The van der Waals surface area contributed by atoms with E-state index in [4.69, 9.17) is 5.11 Å². The summed E-state index contributed by atoms with van der Waals surface area (Å²) in [4.78, 5) is 34.2. The van der Waals surface area contributed by atoms with Gasteiger partial charge in [0.15, 0.2) is 0 Å². The molecule has 0 bridgehead atoms. The summed E-state index contributed by atoms with van der Waals surface area (Å²) in [6, 6.07) is 9.19. The molecule has 1 aromatic heterocycles. The highest BCUT2D eigenvalue weighted by atomic mass is 32.2. The van der Waals surface area contributed by atoms with Crippen LogP contribution in [0.3, 0.4) is 0 Å². The SMILES string of the molecule is Cc1ccc(S(=O)(=O)n2c(=O)n(CC(=O)O)c3c([N+](=O)[O-])cccc32)cc1. The number of carboxylic acids is 1. The number of benzene rings is 2. The molecule has 0 aliphatic rings. The monoisotopic (exact) mass is 391 g/mol. The Kier molecular flexibility index (Phi) is 4.31. The number of carboxylic acid groups (broad SMARTS) is 1. The van der Waals surface area contributed by atoms with E-state index in [0.29, 0.717) is 8.54 Å². The molecule has 0 radical (unpaired) electrons. The van der Waals surface area contributed by atoms with Crippen LogP contribution in [-0.2, 0) is 21.4 Å². The Morgan fingerprint density at radius 1 is 1.19 bits per heavy atom. The zero-order chi connectivity index (χ0) is 19.9. The van der Waals surface area contributed by atoms with E-state index >= 15 is 0 Å². The van der Waals surface area contributed by atoms with Gasteiger partial charge in [-0.15, -0.1) is 0 Å². The van der Waals surface area contributed by atoms with Gasteiger partial charge >= 0.3 is 11.7 Å². The minimum Gasteiger partial charge on any atom is -0.480 e. The Hall–Kier alpha value is -3.47. The second kappa shape index (κ2) is 6.36. The fraction of sp³-hybridized carbons (Fsp3) is 0.125. The number of aromatic nitrogens is 2. The number of rotatable bonds is 5. The predicted molar refractivity (Wildman–Crippen MR) is 94.3 cm³/mol. The molecule has 0 amide bonds. The van der Waals surface area contributed by atoms with E-state index in [0.717, 1.165) is 11.6 Å². The van der Waals surface area contributed by atoms with Crippen molar-refractivity contribution in [3.63, 3.8) is 0 Å². The van der Waals surface area contributed by atoms with Crippen molar-refractivity contribution >= 4 is 32.7 Å². The fourth-order valence-electron chi connectivity index (χ4n) is 2.75. The quantitative estimate of drug-likeness (QED) is 0.511. The van der Waals surface area contributed by atoms with Crippen molar-refractivity contribution in [1.82, 2.24) is 8.54 Å². The van der Waals surface area contributed by atoms with Gasteiger partial charge in [-0.3, -0.25) is 19.5 Å². The van der Waals surface area contributed by atoms with Crippen LogP contribution in [-0.4, -0.2) is 33.0 Å². The molecule has 3 aromatic rings. The molecule has 140 valence electrons. The number of carbonyl (C=O) groups is 1. The molecule has 0 unspecified atom stereocenters. The molecule has 10 nitrogen and oxygen atoms in total. The summed E-state index contributed by atoms with van der Waals surface area (Å²) >= 11 is 0. The van der Waals surface area contributed by atoms with Crippen molar-refractivity contribution in [3.8, 4) is 0 Å². The number of imidazole rings is 1. The lowest BCUT2D eigenvalue weighted by Gasteiger charge is -2.06. The molecule has 0 saturated heterocycles. The number of nitro benzene ring substituents is 1. The second-order valence-electron chi connectivity index (χ2n) is 5.75. The van der Waals surface area contributed by atoms with Crippen molar-refractivity contribution in [3.05, 3.63) is 68.6 Å². The first-order valence-corrected chi connectivity index (χ1v) is 9.01. The largest absolute Gasteiger partial charge is 0.480 e. The van der Waals surface area contributed by atoms with Crippen molar-refractivity contribution < 1.29 is 23.2 Å². The van der Waals surface area contributed by atoms with E-state index in [1.807, 2.05) is 0 Å². The molecule has 0 aliphatic carbocycles. The number of hydrogen-bond acceptors (Lipinski definition) is 6. The van der Waals surface area contributed by atoms with Gasteiger partial charge in [-0.25, -0.2) is 13.2 Å². The maximum Gasteiger partial charge on any atom is 0.344 e. The van der Waals surface area contributed by atoms with Crippen LogP contribution in [0.15, 0.2) is 52.2 Å². The molecule has 3 rings (SSSR count). The van der Waals surface area contributed by atoms with Gasteiger partial charge in [0.2, 0.25) is 0 Å². The lowest BCUT2D eigenvalue weighted by molar-refractivity contribution is -0.383. The molecule has 0 saturated carbocycles. The number of aryl methyl sites for hydroxylation is 1. The summed E-state index contributed by atoms with van der Waals surface area (Å²) < 4.78 is 26.9. The zero-order valence-electron chi connectivity index (χ0n) is 13.9. The number of nitrogens with zero attached hydrogens (tertiary/aromatic N) is 3. The Morgan fingerprint density at radius 3 is 2.37 bits per heavy atom. The van der Waals surface area contributed by atoms with Gasteiger partial charge in [0.25, 0.3) is 15.7 Å². The Balaban J connectivity index is 2.44. The average Bonchev–Trinajstić information content (AvgIpc) is 2.87. The molecular formula is C16H13N3O7S. The highest BCUT2D eigenvalue weighted by molar-refractivity contribution is 7.90. The molecule has 27 heavy (non-hydrogen) atoms. The van der Waals surface area contributed by atoms with Gasteiger partial charge in [-0.1, -0.05) is 23.8 Å². The van der Waals surface area contributed by atoms with Crippen molar-refractivity contribution in [2.24, 2.45) is 0 Å². The zero-order valence-corrected chi connectivity index (χ0v) is 14.7. The third kappa shape index (κ3) is 2.97. The summed E-state index contributed by atoms with van der Waals surface area (Å²) in [5.74, 6) is -1.44. The number of non-ortho nitro benzene ring substituents is 1. The van der Waals surface area contributed by atoms with Gasteiger partial charge in [0.1, 0.15) is 12.1 Å². The number of aliphatic carboxylic acids is 1. The van der Waals surface area contributed by atoms with Crippen LogP contribution in [0.4, 0.5) is 5.69 Å². The van der Waals surface area contributed by atoms with E-state index in [-0.39, 0.29) is 15.9 Å². The average molecular weight is 391 g/mol. The van der Waals surface area contributed by atoms with Crippen LogP contribution in [0.25, 0.3) is 11.0 Å². The smallest absolute Gasteiger partial charge is 0.344 e. The van der Waals surface area contributed by atoms with Gasteiger partial charge in [0.05, 0.1) is 15.3 Å². The van der Waals surface area contributed by atoms with Crippen LogP contribution < -0.4 is 5.69 Å². The van der Waals surface area contributed by atoms with Gasteiger partial charge in [-0.05, 0) is 25.1 Å². The van der Waals surface area contributed by atoms with E-state index in [1.54, 1.807) is 6.92 Å². The summed E-state index contributed by atoms with van der Waals surface area (Å²) in [5.41, 5.74) is -1.60. The van der Waals surface area contributed by atoms with Crippen LogP contribution >= 0.6 is 0 Å². The van der Waals surface area contributed by atoms with Crippen molar-refractivity contribution in [1.29, 1.82) is 0 Å². The predicted octanol–water partition coefficient (Wildman–Crippen LogP) is 1.34. The van der Waals surface area contributed by atoms with E-state index in [1.165, 1.54) is 36.4 Å². The van der Waals surface area contributed by atoms with Gasteiger partial charge in [0, 0.05) is 6.07 Å². The van der Waals surface area contributed by atoms with Crippen LogP contribution in [0.2, 0.25) is 0 Å². The van der Waals surface area contributed by atoms with Gasteiger partial charge in [-0.2, -0.15) is 3.97 Å². The highest BCUT2D eigenvalue weighted by Gasteiger charge is 2.29. The van der Waals surface area contributed by atoms with E-state index < -0.39 is 38.8 Å². The summed E-state index contributed by atoms with van der Waals surface area (Å²) in [6.45, 7) is 0.835. The minimum absolute atomic E-state index is 0.198. The maximum atomic E-state index is 13.0. The molecule has 1 N–H and O–H groups in total. The van der Waals surface area contributed by atoms with Crippen LogP contribution in [0, 0.1) is 17.0 Å². The fourth-order valence-corrected chi connectivity index (χ4v) is 4.15. The number of hydrogen-bond donors (Lipinski definition) is 1. The summed E-state index contributed by atoms with van der Waals surface area (Å²) in [5, 5.41) is 20.4. The molecule has 2 aromatic carbocycles. The second-order valence-corrected chi connectivity index (χ2v) is 7.53. The summed E-state index contributed by atoms with van der Waals surface area (Å²) in [7, 11) is -4.40. The normalized spacial score (nSPS) is 11.6. The molecule has 11 heteroatoms. The Labute approximate surface area is 152 Å². The lowest BCUT2D eigenvalue weighted by Crippen LogP contribution is -2.31. The molecular weight excluding hydrogens is 378 g/mol. The summed E-state index contributed by atoms with van der Waals surface area (Å²) in [6.07, 6.45) is 0. The van der Waals surface area contributed by atoms with Crippen molar-refractivity contribution in [2.75, 3.05) is 0 Å². The molecule has 1 heterocycles. The maximum absolute atomic E-state index is 13.0. The first-order valence-electron chi connectivity index (χ1n) is 7.57. The standard InChI is InChI=1S/C16H13N3O7S/c1-10-5-7-11(8-6-10)27(25,26)18-12-3-2-4-13(19(23)24)15(12)17(16(18)22)9-14(20)21/h2-8H,9H2,1H3,(H,20,21). The third-order valence-corrected chi connectivity index (χ3v) is 5.64. The topological polar surface area (TPSA) is 142 Å². The Morgan fingerprint density at radius 2 is 1.81 bits per heavy atom. The van der Waals surface area contributed by atoms with E-state index in [9.17, 15) is 28.1 Å². The number of para-hydroxylation sites is 1. The van der Waals surface area contributed by atoms with Crippen molar-refractivity contribution in [2.45, 2.75) is 18.4 Å². The lowest BCUT2D eigenvalue weighted by atomic mass is 10.2. The number of nitro groups is 1. The molecule has 0 atom stereocenters. The molecule has 0 fully saturated rings. The molecule has 0 aliphatic heterocycles. The van der Waals surface area contributed by atoms with E-state index in [2.05, 4.69) is 0 Å². The van der Waals surface area contributed by atoms with Crippen LogP contribution in [0.5, 0.6) is 0 Å². The van der Waals surface area contributed by atoms with Crippen LogP contribution in [0.1, 0.15) is 5.56 Å². The van der Waals surface area contributed by atoms with Gasteiger partial charge < -0.3 is 5.11 Å². The highest BCUT2D eigenvalue weighted by Crippen LogP contribution is 2.27.